The molecule has 1 fully saturated rings. The van der Waals surface area contributed by atoms with Gasteiger partial charge in [0.15, 0.2) is 5.82 Å². The first-order valence-electron chi connectivity index (χ1n) is 7.26. The van der Waals surface area contributed by atoms with E-state index < -0.39 is 0 Å². The molecule has 0 atom stereocenters. The van der Waals surface area contributed by atoms with Crippen LogP contribution in [0.4, 0.5) is 5.82 Å². The maximum Gasteiger partial charge on any atom is 0.151 e. The topological polar surface area (TPSA) is 41.0 Å². The molecule has 0 saturated carbocycles. The van der Waals surface area contributed by atoms with Gasteiger partial charge in [-0.15, -0.1) is 5.10 Å². The fourth-order valence-corrected chi connectivity index (χ4v) is 2.21. The number of piperidine rings is 1. The van der Waals surface area contributed by atoms with Gasteiger partial charge in [0, 0.05) is 25.2 Å². The fraction of sp³-hybridized carbons (Fsp3) is 0.733. The Balaban J connectivity index is 1.91. The van der Waals surface area contributed by atoms with Gasteiger partial charge in [0.05, 0.1) is 5.69 Å². The van der Waals surface area contributed by atoms with Crippen LogP contribution in [0.5, 0.6) is 0 Å². The van der Waals surface area contributed by atoms with Crippen LogP contribution in [-0.2, 0) is 6.54 Å². The number of hydrogen-bond acceptors (Lipinski definition) is 4. The molecule has 1 aromatic heterocycles. The molecule has 0 amide bonds. The molecule has 2 rings (SSSR count). The number of aromatic nitrogens is 2. The Hall–Kier alpha value is -1.16. The van der Waals surface area contributed by atoms with Gasteiger partial charge in [0.25, 0.3) is 0 Å². The van der Waals surface area contributed by atoms with Crippen molar-refractivity contribution in [3.05, 3.63) is 17.8 Å². The van der Waals surface area contributed by atoms with Crippen molar-refractivity contribution in [2.45, 2.75) is 52.6 Å². The average Bonchev–Trinajstić information content (AvgIpc) is 2.37. The Morgan fingerprint density at radius 1 is 1.21 bits per heavy atom. The Morgan fingerprint density at radius 2 is 1.89 bits per heavy atom. The molecule has 0 unspecified atom stereocenters. The summed E-state index contributed by atoms with van der Waals surface area (Å²) in [6.45, 7) is 11.8. The second-order valence-electron chi connectivity index (χ2n) is 6.66. The van der Waals surface area contributed by atoms with Crippen LogP contribution in [0.1, 0.15) is 46.2 Å². The Labute approximate surface area is 116 Å². The molecular weight excluding hydrogens is 236 g/mol. The van der Waals surface area contributed by atoms with Gasteiger partial charge in [-0.05, 0) is 51.7 Å². The molecule has 1 aliphatic rings. The summed E-state index contributed by atoms with van der Waals surface area (Å²) >= 11 is 0. The van der Waals surface area contributed by atoms with Crippen molar-refractivity contribution in [2.24, 2.45) is 5.92 Å². The molecule has 4 nitrogen and oxygen atoms in total. The van der Waals surface area contributed by atoms with Crippen molar-refractivity contribution in [2.75, 3.05) is 18.0 Å². The zero-order valence-electron chi connectivity index (χ0n) is 12.6. The number of rotatable bonds is 3. The molecule has 1 N–H and O–H groups in total. The molecule has 1 aromatic rings. The second-order valence-corrected chi connectivity index (χ2v) is 6.66. The van der Waals surface area contributed by atoms with Gasteiger partial charge in [-0.3, -0.25) is 0 Å². The SMILES string of the molecule is CC1CCN(c2ccc(CNC(C)(C)C)nn2)CC1. The van der Waals surface area contributed by atoms with E-state index in [1.54, 1.807) is 0 Å². The molecule has 1 aliphatic heterocycles. The van der Waals surface area contributed by atoms with Crippen LogP contribution in [0.25, 0.3) is 0 Å². The van der Waals surface area contributed by atoms with Crippen LogP contribution in [0, 0.1) is 5.92 Å². The standard InChI is InChI=1S/C15H26N4/c1-12-7-9-19(10-8-12)14-6-5-13(17-18-14)11-16-15(2,3)4/h5-6,12,16H,7-11H2,1-4H3. The zero-order valence-corrected chi connectivity index (χ0v) is 12.6. The van der Waals surface area contributed by atoms with Crippen molar-refractivity contribution in [1.29, 1.82) is 0 Å². The predicted molar refractivity (Wildman–Crippen MR) is 79.2 cm³/mol. The van der Waals surface area contributed by atoms with E-state index in [0.29, 0.717) is 0 Å². The normalized spacial score (nSPS) is 17.8. The van der Waals surface area contributed by atoms with E-state index in [4.69, 9.17) is 0 Å². The van der Waals surface area contributed by atoms with Crippen molar-refractivity contribution in [1.82, 2.24) is 15.5 Å². The molecule has 1 saturated heterocycles. The van der Waals surface area contributed by atoms with Gasteiger partial charge in [-0.1, -0.05) is 6.92 Å². The highest BCUT2D eigenvalue weighted by molar-refractivity contribution is 5.37. The first-order valence-corrected chi connectivity index (χ1v) is 7.26. The van der Waals surface area contributed by atoms with Gasteiger partial charge in [0.2, 0.25) is 0 Å². The van der Waals surface area contributed by atoms with Gasteiger partial charge in [-0.2, -0.15) is 5.10 Å². The summed E-state index contributed by atoms with van der Waals surface area (Å²) in [5.41, 5.74) is 1.12. The van der Waals surface area contributed by atoms with Crippen LogP contribution >= 0.6 is 0 Å². The van der Waals surface area contributed by atoms with E-state index in [9.17, 15) is 0 Å². The maximum absolute atomic E-state index is 4.36. The van der Waals surface area contributed by atoms with E-state index >= 15 is 0 Å². The van der Waals surface area contributed by atoms with Gasteiger partial charge in [0.1, 0.15) is 0 Å². The molecule has 106 valence electrons. The number of hydrogen-bond donors (Lipinski definition) is 1. The highest BCUT2D eigenvalue weighted by Gasteiger charge is 2.17. The van der Waals surface area contributed by atoms with Crippen molar-refractivity contribution >= 4 is 5.82 Å². The smallest absolute Gasteiger partial charge is 0.151 e. The minimum Gasteiger partial charge on any atom is -0.355 e. The van der Waals surface area contributed by atoms with Crippen LogP contribution in [0.15, 0.2) is 12.1 Å². The molecule has 4 heteroatoms. The van der Waals surface area contributed by atoms with Crippen LogP contribution in [-0.4, -0.2) is 28.8 Å². The van der Waals surface area contributed by atoms with Gasteiger partial charge >= 0.3 is 0 Å². The summed E-state index contributed by atoms with van der Waals surface area (Å²) in [4.78, 5) is 2.34. The zero-order chi connectivity index (χ0) is 13.9. The lowest BCUT2D eigenvalue weighted by Crippen LogP contribution is -2.35. The van der Waals surface area contributed by atoms with Crippen molar-refractivity contribution in [3.8, 4) is 0 Å². The van der Waals surface area contributed by atoms with E-state index in [1.807, 2.05) is 0 Å². The first kappa shape index (κ1) is 14.3. The van der Waals surface area contributed by atoms with Crippen LogP contribution < -0.4 is 10.2 Å². The van der Waals surface area contributed by atoms with Gasteiger partial charge < -0.3 is 10.2 Å². The summed E-state index contributed by atoms with van der Waals surface area (Å²) < 4.78 is 0. The predicted octanol–water partition coefficient (Wildman–Crippen LogP) is 2.60. The van der Waals surface area contributed by atoms with Crippen molar-refractivity contribution < 1.29 is 0 Å². The monoisotopic (exact) mass is 262 g/mol. The van der Waals surface area contributed by atoms with Gasteiger partial charge in [-0.25, -0.2) is 0 Å². The minimum absolute atomic E-state index is 0.114. The summed E-state index contributed by atoms with van der Waals surface area (Å²) in [5, 5.41) is 12.1. The van der Waals surface area contributed by atoms with Crippen LogP contribution in [0.2, 0.25) is 0 Å². The number of nitrogens with one attached hydrogen (secondary N) is 1. The molecule has 19 heavy (non-hydrogen) atoms. The molecular formula is C15H26N4. The highest BCUT2D eigenvalue weighted by Crippen LogP contribution is 2.20. The van der Waals surface area contributed by atoms with E-state index in [0.717, 1.165) is 37.1 Å². The minimum atomic E-state index is 0.114. The molecule has 0 aromatic carbocycles. The molecule has 0 bridgehead atoms. The van der Waals surface area contributed by atoms with E-state index in [1.165, 1.54) is 12.8 Å². The number of anilines is 1. The molecule has 0 spiro atoms. The fourth-order valence-electron chi connectivity index (χ4n) is 2.21. The van der Waals surface area contributed by atoms with Crippen LogP contribution in [0.3, 0.4) is 0 Å². The lowest BCUT2D eigenvalue weighted by Gasteiger charge is -2.30. The molecule has 0 aliphatic carbocycles. The first-order chi connectivity index (χ1) is 8.94. The largest absolute Gasteiger partial charge is 0.355 e. The van der Waals surface area contributed by atoms with E-state index in [2.05, 4.69) is 60.2 Å². The maximum atomic E-state index is 4.36. The third-order valence-electron chi connectivity index (χ3n) is 3.61. The summed E-state index contributed by atoms with van der Waals surface area (Å²) in [6, 6.07) is 4.18. The van der Waals surface area contributed by atoms with E-state index in [-0.39, 0.29) is 5.54 Å². The molecule has 0 radical (unpaired) electrons. The Bertz CT molecular complexity index is 386. The quantitative estimate of drug-likeness (QED) is 0.909. The highest BCUT2D eigenvalue weighted by atomic mass is 15.3. The third kappa shape index (κ3) is 4.46. The Kier molecular flexibility index (Phi) is 4.40. The molecule has 2 heterocycles. The lowest BCUT2D eigenvalue weighted by atomic mass is 9.99. The summed E-state index contributed by atoms with van der Waals surface area (Å²) in [5.74, 6) is 1.87. The lowest BCUT2D eigenvalue weighted by molar-refractivity contribution is 0.419. The van der Waals surface area contributed by atoms with Crippen molar-refractivity contribution in [3.63, 3.8) is 0 Å². The third-order valence-corrected chi connectivity index (χ3v) is 3.61. The summed E-state index contributed by atoms with van der Waals surface area (Å²) in [7, 11) is 0. The Morgan fingerprint density at radius 3 is 2.42 bits per heavy atom. The average molecular weight is 262 g/mol. The second kappa shape index (κ2) is 5.87. The number of nitrogens with zero attached hydrogens (tertiary/aromatic N) is 3. The summed E-state index contributed by atoms with van der Waals surface area (Å²) in [6.07, 6.45) is 2.52.